The first-order valence-corrected chi connectivity index (χ1v) is 7.23. The fraction of sp³-hybridized carbons (Fsp3) is 0.412. The van der Waals surface area contributed by atoms with E-state index in [2.05, 4.69) is 30.9 Å². The first-order chi connectivity index (χ1) is 9.63. The molecule has 0 aliphatic rings. The number of hydrogen-bond donors (Lipinski definition) is 0. The molecule has 0 fully saturated rings. The smallest absolute Gasteiger partial charge is 0.161 e. The summed E-state index contributed by atoms with van der Waals surface area (Å²) >= 11 is 0. The van der Waals surface area contributed by atoms with Crippen molar-refractivity contribution in [3.8, 4) is 11.4 Å². The average Bonchev–Trinajstić information content (AvgIpc) is 2.46. The topological polar surface area (TPSA) is 29.0 Å². The van der Waals surface area contributed by atoms with Gasteiger partial charge in [0.15, 0.2) is 5.82 Å². The molecule has 0 saturated heterocycles. The van der Waals surface area contributed by atoms with Gasteiger partial charge >= 0.3 is 0 Å². The third-order valence-corrected chi connectivity index (χ3v) is 3.43. The van der Waals surface area contributed by atoms with Gasteiger partial charge in [0.1, 0.15) is 5.82 Å². The fourth-order valence-corrected chi connectivity index (χ4v) is 2.31. The maximum Gasteiger partial charge on any atom is 0.161 e. The van der Waals surface area contributed by atoms with Crippen LogP contribution in [0.4, 0.5) is 5.82 Å². The third-order valence-electron chi connectivity index (χ3n) is 3.43. The van der Waals surface area contributed by atoms with Gasteiger partial charge in [-0.15, -0.1) is 0 Å². The summed E-state index contributed by atoms with van der Waals surface area (Å²) in [6, 6.07) is 10.2. The molecule has 2 rings (SSSR count). The van der Waals surface area contributed by atoms with E-state index >= 15 is 0 Å². The molecular weight excluding hydrogens is 246 g/mol. The van der Waals surface area contributed by atoms with Crippen molar-refractivity contribution in [3.05, 3.63) is 41.6 Å². The standard InChI is InChI=1S/C17H23N3/c1-5-6-12-15-13(2)18-16(19-17(15)20(3)4)14-10-8-7-9-11-14/h7-11H,5-6,12H2,1-4H3. The van der Waals surface area contributed by atoms with Crippen molar-refractivity contribution in [2.45, 2.75) is 33.1 Å². The van der Waals surface area contributed by atoms with Gasteiger partial charge in [-0.2, -0.15) is 0 Å². The van der Waals surface area contributed by atoms with Crippen molar-refractivity contribution in [3.63, 3.8) is 0 Å². The number of rotatable bonds is 5. The predicted octanol–water partition coefficient (Wildman–Crippen LogP) is 3.86. The summed E-state index contributed by atoms with van der Waals surface area (Å²) in [6.45, 7) is 4.30. The monoisotopic (exact) mass is 269 g/mol. The number of unbranched alkanes of at least 4 members (excludes halogenated alkanes) is 1. The lowest BCUT2D eigenvalue weighted by atomic mass is 10.1. The Kier molecular flexibility index (Phi) is 4.72. The number of benzene rings is 1. The van der Waals surface area contributed by atoms with Crippen LogP contribution in [-0.2, 0) is 6.42 Å². The van der Waals surface area contributed by atoms with Crippen LogP contribution < -0.4 is 4.90 Å². The van der Waals surface area contributed by atoms with Gasteiger partial charge in [0.2, 0.25) is 0 Å². The molecule has 0 aliphatic carbocycles. The second-order valence-corrected chi connectivity index (χ2v) is 5.30. The number of anilines is 1. The maximum absolute atomic E-state index is 4.77. The first-order valence-electron chi connectivity index (χ1n) is 7.23. The van der Waals surface area contributed by atoms with Gasteiger partial charge in [-0.1, -0.05) is 43.7 Å². The Labute approximate surface area is 121 Å². The summed E-state index contributed by atoms with van der Waals surface area (Å²) in [5.41, 5.74) is 3.44. The SMILES string of the molecule is CCCCc1c(C)nc(-c2ccccc2)nc1N(C)C. The molecule has 1 aromatic heterocycles. The van der Waals surface area contributed by atoms with Crippen molar-refractivity contribution in [2.75, 3.05) is 19.0 Å². The molecule has 3 heteroatoms. The van der Waals surface area contributed by atoms with Gasteiger partial charge in [0.25, 0.3) is 0 Å². The van der Waals surface area contributed by atoms with Crippen LogP contribution in [0, 0.1) is 6.92 Å². The summed E-state index contributed by atoms with van der Waals surface area (Å²) in [7, 11) is 4.10. The van der Waals surface area contributed by atoms with E-state index in [1.54, 1.807) is 0 Å². The fourth-order valence-electron chi connectivity index (χ4n) is 2.31. The number of nitrogens with zero attached hydrogens (tertiary/aromatic N) is 3. The Morgan fingerprint density at radius 2 is 1.75 bits per heavy atom. The van der Waals surface area contributed by atoms with Crippen LogP contribution in [0.1, 0.15) is 31.0 Å². The van der Waals surface area contributed by atoms with E-state index in [0.717, 1.165) is 29.3 Å². The van der Waals surface area contributed by atoms with Gasteiger partial charge in [-0.3, -0.25) is 0 Å². The summed E-state index contributed by atoms with van der Waals surface area (Å²) in [5, 5.41) is 0. The van der Waals surface area contributed by atoms with Gasteiger partial charge in [0.05, 0.1) is 0 Å². The molecule has 1 heterocycles. The maximum atomic E-state index is 4.77. The molecule has 1 aromatic carbocycles. The van der Waals surface area contributed by atoms with Crippen LogP contribution in [0.25, 0.3) is 11.4 Å². The molecule has 0 atom stereocenters. The molecular formula is C17H23N3. The van der Waals surface area contributed by atoms with Gasteiger partial charge in [0, 0.05) is 30.9 Å². The zero-order valence-electron chi connectivity index (χ0n) is 12.8. The van der Waals surface area contributed by atoms with Gasteiger partial charge < -0.3 is 4.90 Å². The van der Waals surface area contributed by atoms with Crippen LogP contribution in [0.3, 0.4) is 0 Å². The van der Waals surface area contributed by atoms with Crippen LogP contribution in [0.15, 0.2) is 30.3 Å². The quantitative estimate of drug-likeness (QED) is 0.825. The minimum Gasteiger partial charge on any atom is -0.362 e. The van der Waals surface area contributed by atoms with E-state index in [4.69, 9.17) is 9.97 Å². The van der Waals surface area contributed by atoms with Crippen molar-refractivity contribution in [2.24, 2.45) is 0 Å². The molecule has 0 bridgehead atoms. The Morgan fingerprint density at radius 3 is 2.35 bits per heavy atom. The van der Waals surface area contributed by atoms with Crippen molar-refractivity contribution < 1.29 is 0 Å². The highest BCUT2D eigenvalue weighted by Crippen LogP contribution is 2.25. The largest absolute Gasteiger partial charge is 0.362 e. The Morgan fingerprint density at radius 1 is 1.05 bits per heavy atom. The second-order valence-electron chi connectivity index (χ2n) is 5.30. The molecule has 0 amide bonds. The molecule has 0 aliphatic heterocycles. The van der Waals surface area contributed by atoms with E-state index < -0.39 is 0 Å². The third kappa shape index (κ3) is 3.16. The number of aromatic nitrogens is 2. The number of aryl methyl sites for hydroxylation is 1. The van der Waals surface area contributed by atoms with Gasteiger partial charge in [-0.05, 0) is 19.8 Å². The van der Waals surface area contributed by atoms with Crippen LogP contribution in [-0.4, -0.2) is 24.1 Å². The van der Waals surface area contributed by atoms with E-state index in [0.29, 0.717) is 0 Å². The number of hydrogen-bond acceptors (Lipinski definition) is 3. The van der Waals surface area contributed by atoms with E-state index in [9.17, 15) is 0 Å². The highest BCUT2D eigenvalue weighted by Gasteiger charge is 2.13. The molecule has 3 nitrogen and oxygen atoms in total. The van der Waals surface area contributed by atoms with Crippen LogP contribution in [0.5, 0.6) is 0 Å². The average molecular weight is 269 g/mol. The van der Waals surface area contributed by atoms with E-state index in [1.165, 1.54) is 18.4 Å². The molecule has 20 heavy (non-hydrogen) atoms. The van der Waals surface area contributed by atoms with E-state index in [-0.39, 0.29) is 0 Å². The lowest BCUT2D eigenvalue weighted by Gasteiger charge is -2.19. The minimum atomic E-state index is 0.812. The minimum absolute atomic E-state index is 0.812. The second kappa shape index (κ2) is 6.51. The van der Waals surface area contributed by atoms with Crippen molar-refractivity contribution in [1.82, 2.24) is 9.97 Å². The zero-order chi connectivity index (χ0) is 14.5. The summed E-state index contributed by atoms with van der Waals surface area (Å²) in [6.07, 6.45) is 3.41. The lowest BCUT2D eigenvalue weighted by molar-refractivity contribution is 0.778. The first kappa shape index (κ1) is 14.5. The normalized spacial score (nSPS) is 10.6. The Balaban J connectivity index is 2.48. The summed E-state index contributed by atoms with van der Waals surface area (Å²) in [5.74, 6) is 1.86. The molecule has 0 N–H and O–H groups in total. The van der Waals surface area contributed by atoms with Crippen molar-refractivity contribution in [1.29, 1.82) is 0 Å². The van der Waals surface area contributed by atoms with Crippen LogP contribution >= 0.6 is 0 Å². The van der Waals surface area contributed by atoms with E-state index in [1.807, 2.05) is 32.3 Å². The highest BCUT2D eigenvalue weighted by molar-refractivity contribution is 5.60. The van der Waals surface area contributed by atoms with Crippen molar-refractivity contribution >= 4 is 5.82 Å². The summed E-state index contributed by atoms with van der Waals surface area (Å²) in [4.78, 5) is 11.6. The van der Waals surface area contributed by atoms with Gasteiger partial charge in [-0.25, -0.2) is 9.97 Å². The summed E-state index contributed by atoms with van der Waals surface area (Å²) < 4.78 is 0. The Bertz CT molecular complexity index is 562. The highest BCUT2D eigenvalue weighted by atomic mass is 15.2. The molecule has 106 valence electrons. The molecule has 0 radical (unpaired) electrons. The predicted molar refractivity (Wildman–Crippen MR) is 85.1 cm³/mol. The zero-order valence-corrected chi connectivity index (χ0v) is 12.8. The molecule has 0 spiro atoms. The molecule has 2 aromatic rings. The molecule has 0 saturated carbocycles. The van der Waals surface area contributed by atoms with Crippen LogP contribution in [0.2, 0.25) is 0 Å². The molecule has 0 unspecified atom stereocenters. The lowest BCUT2D eigenvalue weighted by Crippen LogP contribution is -2.16. The Hall–Kier alpha value is -1.90.